The van der Waals surface area contributed by atoms with Crippen LogP contribution in [0.15, 0.2) is 5.10 Å². The van der Waals surface area contributed by atoms with E-state index in [1.165, 1.54) is 0 Å². The Labute approximate surface area is 43.8 Å². The van der Waals surface area contributed by atoms with Gasteiger partial charge in [-0.15, -0.1) is 0 Å². The highest BCUT2D eigenvalue weighted by molar-refractivity contribution is 5.22. The molecule has 42 valence electrons. The molecule has 1 atom stereocenters. The van der Waals surface area contributed by atoms with Gasteiger partial charge >= 0.3 is 0 Å². The van der Waals surface area contributed by atoms with Gasteiger partial charge in [0.25, 0.3) is 0 Å². The molecule has 0 radical (unpaired) electrons. The number of nitrogens with one attached hydrogen (secondary N) is 2. The Bertz CT molecular complexity index is 52.9. The normalized spacial score (nSPS) is 12.9. The lowest BCUT2D eigenvalue weighted by molar-refractivity contribution is 0.510. The molecule has 0 aliphatic carbocycles. The lowest BCUT2D eigenvalue weighted by atomic mass is 10.6. The average Bonchev–Trinajstić information content (AvgIpc) is 1.68. The largest absolute Gasteiger partial charge is 0.300 e. The Morgan fingerprint density at radius 2 is 2.29 bits per heavy atom. The summed E-state index contributed by atoms with van der Waals surface area (Å²) in [5.74, 6) is 0. The maximum atomic E-state index is 3.44. The highest BCUT2D eigenvalue weighted by atomic mass is 15.3. The summed E-state index contributed by atoms with van der Waals surface area (Å²) in [6, 6.07) is 0. The predicted octanol–water partition coefficient (Wildman–Crippen LogP) is -0.243. The minimum absolute atomic E-state index is 0.220. The van der Waals surface area contributed by atoms with Crippen LogP contribution >= 0.6 is 0 Å². The molecule has 2 N–H and O–H groups in total. The molecule has 1 unspecified atom stereocenters. The van der Waals surface area contributed by atoms with Crippen molar-refractivity contribution in [2.45, 2.75) is 13.1 Å². The molecule has 3 nitrogen and oxygen atoms in total. The molecule has 0 aromatic heterocycles. The van der Waals surface area contributed by atoms with Crippen LogP contribution < -0.4 is 10.7 Å². The van der Waals surface area contributed by atoms with E-state index in [4.69, 9.17) is 0 Å². The van der Waals surface area contributed by atoms with Crippen molar-refractivity contribution in [3.8, 4) is 0 Å². The van der Waals surface area contributed by atoms with Crippen molar-refractivity contribution < 1.29 is 0 Å². The first-order valence-electron chi connectivity index (χ1n) is 2.19. The Hall–Kier alpha value is -0.570. The van der Waals surface area contributed by atoms with Crippen molar-refractivity contribution in [2.24, 2.45) is 5.10 Å². The molecule has 0 amide bonds. The van der Waals surface area contributed by atoms with Crippen molar-refractivity contribution in [3.05, 3.63) is 0 Å². The van der Waals surface area contributed by atoms with Crippen LogP contribution in [0.25, 0.3) is 0 Å². The molecule has 0 rings (SSSR count). The van der Waals surface area contributed by atoms with Gasteiger partial charge in [-0.3, -0.25) is 10.7 Å². The van der Waals surface area contributed by atoms with Crippen LogP contribution in [-0.2, 0) is 0 Å². The van der Waals surface area contributed by atoms with Crippen molar-refractivity contribution in [2.75, 3.05) is 7.05 Å². The molecule has 0 aromatic carbocycles. The Morgan fingerprint density at radius 3 is 2.43 bits per heavy atom. The Balaban J connectivity index is 2.98. The van der Waals surface area contributed by atoms with Crippen LogP contribution in [0.2, 0.25) is 0 Å². The monoisotopic (exact) mass is 101 g/mol. The third-order valence-electron chi connectivity index (χ3n) is 0.718. The summed E-state index contributed by atoms with van der Waals surface area (Å²) in [6.07, 6.45) is 0.220. The first-order chi connectivity index (χ1) is 3.31. The van der Waals surface area contributed by atoms with Gasteiger partial charge in [0.1, 0.15) is 0 Å². The lowest BCUT2D eigenvalue weighted by Crippen LogP contribution is -2.33. The third-order valence-corrected chi connectivity index (χ3v) is 0.718. The summed E-state index contributed by atoms with van der Waals surface area (Å²) in [4.78, 5) is 0. The standard InChI is InChI=1S/C4H11N3/c1-4(5-2)7-6-3/h4-5,7H,3H2,1-2H3. The van der Waals surface area contributed by atoms with E-state index < -0.39 is 0 Å². The quantitative estimate of drug-likeness (QED) is 0.292. The van der Waals surface area contributed by atoms with E-state index in [-0.39, 0.29) is 6.17 Å². The highest BCUT2D eigenvalue weighted by Gasteiger charge is 1.86. The molecular formula is C4H11N3. The van der Waals surface area contributed by atoms with Crippen LogP contribution in [0.3, 0.4) is 0 Å². The zero-order chi connectivity index (χ0) is 5.70. The van der Waals surface area contributed by atoms with E-state index in [9.17, 15) is 0 Å². The van der Waals surface area contributed by atoms with Gasteiger partial charge in [0.05, 0.1) is 6.17 Å². The minimum atomic E-state index is 0.220. The SMILES string of the molecule is C=NNC(C)NC. The maximum Gasteiger partial charge on any atom is 0.0902 e. The third kappa shape index (κ3) is 3.26. The van der Waals surface area contributed by atoms with Crippen LogP contribution in [-0.4, -0.2) is 19.9 Å². The van der Waals surface area contributed by atoms with Gasteiger partial charge in [-0.25, -0.2) is 0 Å². The van der Waals surface area contributed by atoms with Gasteiger partial charge in [0, 0.05) is 6.72 Å². The van der Waals surface area contributed by atoms with Gasteiger partial charge in [-0.05, 0) is 14.0 Å². The van der Waals surface area contributed by atoms with Crippen molar-refractivity contribution >= 4 is 6.72 Å². The molecule has 0 aliphatic heterocycles. The Morgan fingerprint density at radius 1 is 1.71 bits per heavy atom. The summed E-state index contributed by atoms with van der Waals surface area (Å²) in [6.45, 7) is 5.20. The van der Waals surface area contributed by atoms with E-state index in [0.29, 0.717) is 0 Å². The van der Waals surface area contributed by atoms with Crippen molar-refractivity contribution in [1.82, 2.24) is 10.7 Å². The number of hydrogen-bond acceptors (Lipinski definition) is 3. The molecule has 0 fully saturated rings. The number of rotatable bonds is 3. The average molecular weight is 101 g/mol. The fourth-order valence-corrected chi connectivity index (χ4v) is 0.201. The van der Waals surface area contributed by atoms with Crippen LogP contribution in [0.1, 0.15) is 6.92 Å². The lowest BCUT2D eigenvalue weighted by Gasteiger charge is -2.06. The Kier molecular flexibility index (Phi) is 3.32. The molecule has 3 heteroatoms. The second-order valence-electron chi connectivity index (χ2n) is 1.30. The fraction of sp³-hybridized carbons (Fsp3) is 0.750. The van der Waals surface area contributed by atoms with E-state index >= 15 is 0 Å². The van der Waals surface area contributed by atoms with Crippen molar-refractivity contribution in [3.63, 3.8) is 0 Å². The molecule has 0 bridgehead atoms. The molecule has 0 saturated heterocycles. The van der Waals surface area contributed by atoms with E-state index in [2.05, 4.69) is 22.6 Å². The number of nitrogens with zero attached hydrogens (tertiary/aromatic N) is 1. The van der Waals surface area contributed by atoms with Gasteiger partial charge in [-0.1, -0.05) is 0 Å². The summed E-state index contributed by atoms with van der Waals surface area (Å²) in [5.41, 5.74) is 2.70. The zero-order valence-electron chi connectivity index (χ0n) is 4.73. The summed E-state index contributed by atoms with van der Waals surface area (Å²) in [5, 5.41) is 6.36. The van der Waals surface area contributed by atoms with Crippen LogP contribution in [0, 0.1) is 0 Å². The van der Waals surface area contributed by atoms with E-state index in [1.54, 1.807) is 0 Å². The summed E-state index contributed by atoms with van der Waals surface area (Å²) >= 11 is 0. The molecule has 0 saturated carbocycles. The second-order valence-corrected chi connectivity index (χ2v) is 1.30. The second kappa shape index (κ2) is 3.61. The predicted molar refractivity (Wildman–Crippen MR) is 31.2 cm³/mol. The molecule has 0 heterocycles. The first kappa shape index (κ1) is 6.43. The summed E-state index contributed by atoms with van der Waals surface area (Å²) < 4.78 is 0. The van der Waals surface area contributed by atoms with Gasteiger partial charge < -0.3 is 0 Å². The maximum absolute atomic E-state index is 3.44. The van der Waals surface area contributed by atoms with Crippen LogP contribution in [0.5, 0.6) is 0 Å². The minimum Gasteiger partial charge on any atom is -0.300 e. The van der Waals surface area contributed by atoms with Gasteiger partial charge in [0.15, 0.2) is 0 Å². The summed E-state index contributed by atoms with van der Waals surface area (Å²) in [7, 11) is 1.85. The van der Waals surface area contributed by atoms with Crippen molar-refractivity contribution in [1.29, 1.82) is 0 Å². The van der Waals surface area contributed by atoms with E-state index in [1.807, 2.05) is 14.0 Å². The number of hydrazone groups is 1. The molecule has 7 heavy (non-hydrogen) atoms. The highest BCUT2D eigenvalue weighted by Crippen LogP contribution is 1.66. The van der Waals surface area contributed by atoms with Crippen LogP contribution in [0.4, 0.5) is 0 Å². The molecule has 0 aromatic rings. The van der Waals surface area contributed by atoms with Gasteiger partial charge in [-0.2, -0.15) is 5.10 Å². The smallest absolute Gasteiger partial charge is 0.0902 e. The fourth-order valence-electron chi connectivity index (χ4n) is 0.201. The molecular weight excluding hydrogens is 90.1 g/mol. The van der Waals surface area contributed by atoms with Gasteiger partial charge in [0.2, 0.25) is 0 Å². The molecule has 0 spiro atoms. The zero-order valence-corrected chi connectivity index (χ0v) is 4.73. The van der Waals surface area contributed by atoms with E-state index in [0.717, 1.165) is 0 Å². The number of hydrogen-bond donors (Lipinski definition) is 2. The topological polar surface area (TPSA) is 36.4 Å². The molecule has 0 aliphatic rings. The first-order valence-corrected chi connectivity index (χ1v) is 2.19.